The second-order valence-electron chi connectivity index (χ2n) is 7.57. The lowest BCUT2D eigenvalue weighted by Gasteiger charge is -2.29. The van der Waals surface area contributed by atoms with Crippen molar-refractivity contribution in [2.45, 2.75) is 13.1 Å². The van der Waals surface area contributed by atoms with Gasteiger partial charge in [-0.15, -0.1) is 0 Å². The summed E-state index contributed by atoms with van der Waals surface area (Å²) >= 11 is 0. The molecule has 34 heavy (non-hydrogen) atoms. The molecule has 0 N–H and O–H groups in total. The lowest BCUT2D eigenvalue weighted by molar-refractivity contribution is 0.340. The number of methoxy groups -OCH3 is 2. The van der Waals surface area contributed by atoms with E-state index in [0.717, 1.165) is 11.5 Å². The van der Waals surface area contributed by atoms with Gasteiger partial charge in [-0.1, -0.05) is 60.7 Å². The van der Waals surface area contributed by atoms with E-state index in [0.29, 0.717) is 24.6 Å². The molecule has 0 aliphatic carbocycles. The summed E-state index contributed by atoms with van der Waals surface area (Å²) in [4.78, 5) is 0. The van der Waals surface area contributed by atoms with Gasteiger partial charge >= 0.3 is 8.53 Å². The van der Waals surface area contributed by atoms with Crippen molar-refractivity contribution in [1.29, 1.82) is 0 Å². The van der Waals surface area contributed by atoms with Crippen molar-refractivity contribution in [1.82, 2.24) is 4.67 Å². The standard InChI is InChI=1S/C28H28NO4P/c1-30-25-13-17-27(18-14-25)32-34(33-28-19-15-26(31-2)16-20-28)29(21-23-9-5-3-6-10-23)22-24-11-7-4-8-12-24/h3-20H,21-22H2,1-2H3. The molecule has 4 aromatic carbocycles. The molecule has 0 spiro atoms. The Morgan fingerprint density at radius 2 is 0.853 bits per heavy atom. The Kier molecular flexibility index (Phi) is 8.39. The molecule has 0 unspecified atom stereocenters. The molecular formula is C28H28NO4P. The van der Waals surface area contributed by atoms with Crippen molar-refractivity contribution < 1.29 is 18.5 Å². The maximum Gasteiger partial charge on any atom is 0.385 e. The SMILES string of the molecule is COc1ccc(OP(Oc2ccc(OC)cc2)N(Cc2ccccc2)Cc2ccccc2)cc1. The summed E-state index contributed by atoms with van der Waals surface area (Å²) in [6.45, 7) is 1.35. The van der Waals surface area contributed by atoms with Crippen LogP contribution in [-0.4, -0.2) is 18.9 Å². The minimum Gasteiger partial charge on any atom is -0.497 e. The molecule has 0 heterocycles. The van der Waals surface area contributed by atoms with Crippen LogP contribution in [0.1, 0.15) is 11.1 Å². The summed E-state index contributed by atoms with van der Waals surface area (Å²) in [5.41, 5.74) is 2.37. The quantitative estimate of drug-likeness (QED) is 0.218. The Bertz CT molecular complexity index is 1030. The molecule has 4 rings (SSSR count). The Balaban J connectivity index is 1.65. The highest BCUT2D eigenvalue weighted by molar-refractivity contribution is 7.45. The topological polar surface area (TPSA) is 40.2 Å². The molecule has 0 aromatic heterocycles. The molecule has 0 bridgehead atoms. The fourth-order valence-electron chi connectivity index (χ4n) is 3.35. The molecule has 6 heteroatoms. The highest BCUT2D eigenvalue weighted by Gasteiger charge is 2.26. The summed E-state index contributed by atoms with van der Waals surface area (Å²) < 4.78 is 25.7. The second kappa shape index (κ2) is 12.1. The molecule has 0 saturated carbocycles. The summed E-state index contributed by atoms with van der Waals surface area (Å²) in [7, 11) is 1.80. The Morgan fingerprint density at radius 3 is 1.21 bits per heavy atom. The van der Waals surface area contributed by atoms with E-state index in [1.54, 1.807) is 14.2 Å². The van der Waals surface area contributed by atoms with Crippen molar-refractivity contribution in [2.24, 2.45) is 0 Å². The lowest BCUT2D eigenvalue weighted by Crippen LogP contribution is -2.22. The van der Waals surface area contributed by atoms with Crippen LogP contribution in [0.2, 0.25) is 0 Å². The molecule has 0 amide bonds. The Hall–Kier alpha value is -3.53. The van der Waals surface area contributed by atoms with Gasteiger partial charge in [0, 0.05) is 13.1 Å². The highest BCUT2D eigenvalue weighted by atomic mass is 31.2. The van der Waals surface area contributed by atoms with Crippen LogP contribution in [0, 0.1) is 0 Å². The monoisotopic (exact) mass is 473 g/mol. The highest BCUT2D eigenvalue weighted by Crippen LogP contribution is 2.46. The maximum atomic E-state index is 6.46. The van der Waals surface area contributed by atoms with Gasteiger partial charge in [0.25, 0.3) is 0 Å². The first kappa shape index (κ1) is 23.6. The molecular weight excluding hydrogens is 445 g/mol. The zero-order chi connectivity index (χ0) is 23.6. The summed E-state index contributed by atoms with van der Waals surface area (Å²) in [5, 5.41) is 0. The lowest BCUT2D eigenvalue weighted by atomic mass is 10.2. The average Bonchev–Trinajstić information content (AvgIpc) is 2.90. The first-order valence-electron chi connectivity index (χ1n) is 11.0. The predicted octanol–water partition coefficient (Wildman–Crippen LogP) is 7.09. The van der Waals surface area contributed by atoms with Gasteiger partial charge in [-0.25, -0.2) is 4.67 Å². The van der Waals surface area contributed by atoms with Crippen molar-refractivity contribution in [3.8, 4) is 23.0 Å². The molecule has 0 aliphatic heterocycles. The third-order valence-electron chi connectivity index (χ3n) is 5.13. The van der Waals surface area contributed by atoms with Gasteiger partial charge in [-0.3, -0.25) is 0 Å². The molecule has 174 valence electrons. The van der Waals surface area contributed by atoms with E-state index in [4.69, 9.17) is 18.5 Å². The van der Waals surface area contributed by atoms with E-state index in [9.17, 15) is 0 Å². The molecule has 5 nitrogen and oxygen atoms in total. The van der Waals surface area contributed by atoms with E-state index in [1.807, 2.05) is 84.9 Å². The van der Waals surface area contributed by atoms with Crippen molar-refractivity contribution in [3.63, 3.8) is 0 Å². The molecule has 0 fully saturated rings. The number of hydrogen-bond acceptors (Lipinski definition) is 5. The normalized spacial score (nSPS) is 10.8. The first-order valence-corrected chi connectivity index (χ1v) is 12.1. The van der Waals surface area contributed by atoms with Gasteiger partial charge in [-0.2, -0.15) is 0 Å². The van der Waals surface area contributed by atoms with Crippen LogP contribution in [0.4, 0.5) is 0 Å². The maximum absolute atomic E-state index is 6.46. The Labute approximate surface area is 202 Å². The van der Waals surface area contributed by atoms with Crippen LogP contribution >= 0.6 is 8.53 Å². The molecule has 0 radical (unpaired) electrons. The van der Waals surface area contributed by atoms with Gasteiger partial charge in [0.1, 0.15) is 23.0 Å². The third-order valence-corrected chi connectivity index (χ3v) is 6.61. The average molecular weight is 474 g/mol. The molecule has 0 atom stereocenters. The first-order chi connectivity index (χ1) is 16.7. The summed E-state index contributed by atoms with van der Waals surface area (Å²) in [6.07, 6.45) is 0. The van der Waals surface area contributed by atoms with E-state index >= 15 is 0 Å². The fourth-order valence-corrected chi connectivity index (χ4v) is 4.78. The summed E-state index contributed by atoms with van der Waals surface area (Å²) in [5.74, 6) is 2.98. The molecule has 4 aromatic rings. The van der Waals surface area contributed by atoms with Crippen LogP contribution in [0.5, 0.6) is 23.0 Å². The number of rotatable bonds is 11. The second-order valence-corrected chi connectivity index (χ2v) is 8.97. The van der Waals surface area contributed by atoms with Gasteiger partial charge in [-0.05, 0) is 59.7 Å². The van der Waals surface area contributed by atoms with Gasteiger partial charge in [0.15, 0.2) is 0 Å². The third kappa shape index (κ3) is 6.74. The number of nitrogens with zero attached hydrogens (tertiary/aromatic N) is 1. The van der Waals surface area contributed by atoms with Crippen LogP contribution in [0.15, 0.2) is 109 Å². The number of hydrogen-bond donors (Lipinski definition) is 0. The van der Waals surface area contributed by atoms with Crippen LogP contribution in [0.3, 0.4) is 0 Å². The van der Waals surface area contributed by atoms with Crippen molar-refractivity contribution in [3.05, 3.63) is 120 Å². The minimum atomic E-state index is -1.50. The van der Waals surface area contributed by atoms with Gasteiger partial charge in [0.05, 0.1) is 14.2 Å². The van der Waals surface area contributed by atoms with Gasteiger partial charge in [0.2, 0.25) is 0 Å². The van der Waals surface area contributed by atoms with E-state index < -0.39 is 8.53 Å². The smallest absolute Gasteiger partial charge is 0.385 e. The molecule has 0 saturated heterocycles. The predicted molar refractivity (Wildman–Crippen MR) is 136 cm³/mol. The zero-order valence-electron chi connectivity index (χ0n) is 19.3. The Morgan fingerprint density at radius 1 is 0.500 bits per heavy atom. The van der Waals surface area contributed by atoms with Crippen molar-refractivity contribution >= 4 is 8.53 Å². The summed E-state index contributed by atoms with van der Waals surface area (Å²) in [6, 6.07) is 35.8. The van der Waals surface area contributed by atoms with Gasteiger partial charge < -0.3 is 18.5 Å². The number of ether oxygens (including phenoxy) is 2. The van der Waals surface area contributed by atoms with Crippen molar-refractivity contribution in [2.75, 3.05) is 14.2 Å². The zero-order valence-corrected chi connectivity index (χ0v) is 20.2. The van der Waals surface area contributed by atoms with Crippen LogP contribution in [-0.2, 0) is 13.1 Å². The van der Waals surface area contributed by atoms with E-state index in [2.05, 4.69) is 28.9 Å². The minimum absolute atomic E-state index is 0.674. The largest absolute Gasteiger partial charge is 0.497 e. The fraction of sp³-hybridized carbons (Fsp3) is 0.143. The van der Waals surface area contributed by atoms with E-state index in [-0.39, 0.29) is 0 Å². The number of benzene rings is 4. The van der Waals surface area contributed by atoms with E-state index in [1.165, 1.54) is 11.1 Å². The van der Waals surface area contributed by atoms with Crippen LogP contribution in [0.25, 0.3) is 0 Å². The molecule has 0 aliphatic rings. The van der Waals surface area contributed by atoms with Crippen LogP contribution < -0.4 is 18.5 Å².